The van der Waals surface area contributed by atoms with E-state index in [4.69, 9.17) is 9.90 Å². The summed E-state index contributed by atoms with van der Waals surface area (Å²) in [4.78, 5) is 9.00. The Labute approximate surface area is 89.3 Å². The molecule has 1 N–H and O–H groups in total. The van der Waals surface area contributed by atoms with Gasteiger partial charge in [0, 0.05) is 6.92 Å². The highest BCUT2D eigenvalue weighted by atomic mass is 16.4. The topological polar surface area (TPSA) is 37.3 Å². The predicted octanol–water partition coefficient (Wildman–Crippen LogP) is 4.10. The van der Waals surface area contributed by atoms with E-state index in [-0.39, 0.29) is 0 Å². The molecule has 84 valence electrons. The summed E-state index contributed by atoms with van der Waals surface area (Å²) in [7, 11) is 0. The van der Waals surface area contributed by atoms with Crippen molar-refractivity contribution < 1.29 is 9.90 Å². The molecule has 2 heteroatoms. The largest absolute Gasteiger partial charge is 0.481 e. The average molecular weight is 200 g/mol. The molecule has 0 amide bonds. The minimum absolute atomic E-state index is 0.833. The highest BCUT2D eigenvalue weighted by molar-refractivity contribution is 5.62. The summed E-state index contributed by atoms with van der Waals surface area (Å²) >= 11 is 0. The van der Waals surface area contributed by atoms with Crippen molar-refractivity contribution in [2.45, 2.75) is 6.92 Å². The van der Waals surface area contributed by atoms with Crippen molar-refractivity contribution in [3.8, 4) is 0 Å². The second-order valence-corrected chi connectivity index (χ2v) is 0.519. The third-order valence-electron chi connectivity index (χ3n) is 0. The first-order valence-electron chi connectivity index (χ1n) is 3.43. The molecule has 0 aromatic carbocycles. The summed E-state index contributed by atoms with van der Waals surface area (Å²) < 4.78 is 0. The van der Waals surface area contributed by atoms with Crippen LogP contribution in [0.5, 0.6) is 0 Å². The Morgan fingerprint density at radius 2 is 0.714 bits per heavy atom. The first-order chi connectivity index (χ1) is 6.73. The molecule has 2 nitrogen and oxygen atoms in total. The van der Waals surface area contributed by atoms with Gasteiger partial charge in [0.15, 0.2) is 0 Å². The molecule has 0 aromatic rings. The third-order valence-corrected chi connectivity index (χ3v) is 0. The Kier molecular flexibility index (Phi) is 2400. The van der Waals surface area contributed by atoms with Gasteiger partial charge in [-0.05, 0) is 0 Å². The van der Waals surface area contributed by atoms with Crippen molar-refractivity contribution in [3.05, 3.63) is 65.8 Å². The number of carbonyl (C=O) groups is 1. The molecule has 0 unspecified atom stereocenters. The molecule has 0 heterocycles. The molecule has 0 bridgehead atoms. The van der Waals surface area contributed by atoms with Crippen molar-refractivity contribution >= 4 is 5.97 Å². The van der Waals surface area contributed by atoms with E-state index in [1.807, 2.05) is 0 Å². The molecule has 0 atom stereocenters. The van der Waals surface area contributed by atoms with Crippen molar-refractivity contribution in [2.24, 2.45) is 0 Å². The fraction of sp³-hybridized carbons (Fsp3) is 0.0833. The van der Waals surface area contributed by atoms with Gasteiger partial charge >= 0.3 is 0 Å². The Morgan fingerprint density at radius 1 is 0.714 bits per heavy atom. The van der Waals surface area contributed by atoms with E-state index >= 15 is 0 Å². The second kappa shape index (κ2) is 844. The highest BCUT2D eigenvalue weighted by Crippen LogP contribution is 1.42. The number of carboxylic acid groups (broad SMARTS) is 1. The molecule has 0 fully saturated rings. The standard InChI is InChI=1S/C2H4O2.5C2H4/c1-2(3)4;5*1-2/h1H3,(H,3,4);5*1-2H2. The van der Waals surface area contributed by atoms with E-state index in [1.165, 1.54) is 0 Å². The first kappa shape index (κ1) is 39.9. The van der Waals surface area contributed by atoms with Gasteiger partial charge in [-0.3, -0.25) is 4.79 Å². The molecule has 14 heavy (non-hydrogen) atoms. The van der Waals surface area contributed by atoms with Crippen LogP contribution in [0.4, 0.5) is 0 Å². The zero-order valence-electron chi connectivity index (χ0n) is 9.43. The maximum Gasteiger partial charge on any atom is 0.300 e. The third kappa shape index (κ3) is 255. The first-order valence-corrected chi connectivity index (χ1v) is 3.43. The van der Waals surface area contributed by atoms with Crippen LogP contribution in [0.2, 0.25) is 0 Å². The second-order valence-electron chi connectivity index (χ2n) is 0.519. The van der Waals surface area contributed by atoms with Crippen molar-refractivity contribution in [2.75, 3.05) is 0 Å². The van der Waals surface area contributed by atoms with E-state index < -0.39 is 5.97 Å². The molecule has 0 rings (SSSR count). The zero-order valence-corrected chi connectivity index (χ0v) is 9.43. The molecule has 0 saturated heterocycles. The summed E-state index contributed by atoms with van der Waals surface area (Å²) in [5.41, 5.74) is 0. The maximum absolute atomic E-state index is 9.00. The average Bonchev–Trinajstić information content (AvgIpc) is 2.30. The molecular weight excluding hydrogens is 176 g/mol. The van der Waals surface area contributed by atoms with Crippen LogP contribution in [-0.4, -0.2) is 11.1 Å². The van der Waals surface area contributed by atoms with Gasteiger partial charge in [0.2, 0.25) is 0 Å². The minimum Gasteiger partial charge on any atom is -0.481 e. The maximum atomic E-state index is 9.00. The van der Waals surface area contributed by atoms with Crippen molar-refractivity contribution in [3.63, 3.8) is 0 Å². The van der Waals surface area contributed by atoms with Gasteiger partial charge < -0.3 is 5.11 Å². The van der Waals surface area contributed by atoms with Crippen LogP contribution in [0, 0.1) is 0 Å². The Morgan fingerprint density at radius 3 is 0.714 bits per heavy atom. The van der Waals surface area contributed by atoms with Crippen LogP contribution in [-0.2, 0) is 4.79 Å². The van der Waals surface area contributed by atoms with Crippen LogP contribution >= 0.6 is 0 Å². The van der Waals surface area contributed by atoms with Crippen LogP contribution in [0.3, 0.4) is 0 Å². The quantitative estimate of drug-likeness (QED) is 0.598. The van der Waals surface area contributed by atoms with E-state index in [9.17, 15) is 0 Å². The summed E-state index contributed by atoms with van der Waals surface area (Å²) in [5.74, 6) is -0.833. The van der Waals surface area contributed by atoms with Gasteiger partial charge in [-0.1, -0.05) is 0 Å². The lowest BCUT2D eigenvalue weighted by molar-refractivity contribution is -0.134. The van der Waals surface area contributed by atoms with Crippen molar-refractivity contribution in [1.29, 1.82) is 0 Å². The van der Waals surface area contributed by atoms with Crippen LogP contribution in [0.1, 0.15) is 6.92 Å². The van der Waals surface area contributed by atoms with E-state index in [0.717, 1.165) is 6.92 Å². The Hall–Kier alpha value is -1.83. The normalized spacial score (nSPS) is 3.21. The number of carboxylic acids is 1. The number of aliphatic carboxylic acids is 1. The van der Waals surface area contributed by atoms with E-state index in [0.29, 0.717) is 0 Å². The molecule has 0 radical (unpaired) electrons. The Bertz CT molecular complexity index is 64.8. The fourth-order valence-corrected chi connectivity index (χ4v) is 0. The molecule has 0 aliphatic heterocycles. The molecule has 0 spiro atoms. The number of hydrogen-bond acceptors (Lipinski definition) is 1. The van der Waals surface area contributed by atoms with Gasteiger partial charge in [0.05, 0.1) is 0 Å². The van der Waals surface area contributed by atoms with E-state index in [2.05, 4.69) is 65.8 Å². The van der Waals surface area contributed by atoms with Gasteiger partial charge in [-0.15, -0.1) is 65.8 Å². The van der Waals surface area contributed by atoms with Crippen molar-refractivity contribution in [1.82, 2.24) is 0 Å². The fourth-order valence-electron chi connectivity index (χ4n) is 0. The van der Waals surface area contributed by atoms with E-state index in [1.54, 1.807) is 0 Å². The summed E-state index contributed by atoms with van der Waals surface area (Å²) in [6.07, 6.45) is 0. The van der Waals surface area contributed by atoms with Gasteiger partial charge in [-0.25, -0.2) is 0 Å². The lowest BCUT2D eigenvalue weighted by Crippen LogP contribution is -1.78. The lowest BCUT2D eigenvalue weighted by atomic mass is 10.9. The Balaban J connectivity index is -0.0000000143. The zero-order chi connectivity index (χ0) is 13.6. The molecule has 0 saturated carbocycles. The van der Waals surface area contributed by atoms with Crippen LogP contribution in [0.15, 0.2) is 65.8 Å². The van der Waals surface area contributed by atoms with Gasteiger partial charge in [0.1, 0.15) is 0 Å². The number of rotatable bonds is 0. The molecule has 0 aromatic heterocycles. The SMILES string of the molecule is C=C.C=C.C=C.C=C.C=C.CC(=O)O. The predicted molar refractivity (Wildman–Crippen MR) is 69.6 cm³/mol. The highest BCUT2D eigenvalue weighted by Gasteiger charge is 1.65. The number of hydrogen-bond donors (Lipinski definition) is 1. The smallest absolute Gasteiger partial charge is 0.300 e. The minimum atomic E-state index is -0.833. The van der Waals surface area contributed by atoms with Gasteiger partial charge in [0.25, 0.3) is 5.97 Å². The summed E-state index contributed by atoms with van der Waals surface area (Å²) in [5, 5.41) is 7.42. The van der Waals surface area contributed by atoms with Gasteiger partial charge in [-0.2, -0.15) is 0 Å². The van der Waals surface area contributed by atoms with Crippen LogP contribution < -0.4 is 0 Å². The summed E-state index contributed by atoms with van der Waals surface area (Å²) in [6, 6.07) is 0. The molecule has 0 aliphatic carbocycles. The molecular formula is C12H24O2. The monoisotopic (exact) mass is 200 g/mol. The molecule has 0 aliphatic rings. The summed E-state index contributed by atoms with van der Waals surface area (Å²) in [6.45, 7) is 31.1. The van der Waals surface area contributed by atoms with Crippen LogP contribution in [0.25, 0.3) is 0 Å². The lowest BCUT2D eigenvalue weighted by Gasteiger charge is -1.59.